The van der Waals surface area contributed by atoms with Crippen molar-refractivity contribution in [2.45, 2.75) is 13.3 Å². The lowest BCUT2D eigenvalue weighted by atomic mass is 10.3. The average molecular weight is 205 g/mol. The van der Waals surface area contributed by atoms with Gasteiger partial charge in [0.1, 0.15) is 18.0 Å². The highest BCUT2D eigenvalue weighted by atomic mass is 15.2. The van der Waals surface area contributed by atoms with Gasteiger partial charge >= 0.3 is 0 Å². The fourth-order valence-electron chi connectivity index (χ4n) is 1.40. The van der Waals surface area contributed by atoms with Gasteiger partial charge in [-0.25, -0.2) is 9.97 Å². The van der Waals surface area contributed by atoms with Crippen LogP contribution < -0.4 is 10.2 Å². The molecule has 1 rings (SSSR count). The third kappa shape index (κ3) is 2.56. The minimum absolute atomic E-state index is 0.495. The molecule has 0 aliphatic heterocycles. The summed E-state index contributed by atoms with van der Waals surface area (Å²) in [5.74, 6) is 1.69. The topological polar surface area (TPSA) is 64.8 Å². The predicted molar refractivity (Wildman–Crippen MR) is 59.8 cm³/mol. The molecule has 0 aliphatic rings. The molecule has 0 aromatic carbocycles. The van der Waals surface area contributed by atoms with Gasteiger partial charge in [-0.05, 0) is 6.92 Å². The molecule has 0 unspecified atom stereocenters. The summed E-state index contributed by atoms with van der Waals surface area (Å²) >= 11 is 0. The fraction of sp³-hybridized carbons (Fsp3) is 0.500. The van der Waals surface area contributed by atoms with E-state index in [1.54, 1.807) is 0 Å². The summed E-state index contributed by atoms with van der Waals surface area (Å²) in [4.78, 5) is 10.3. The second-order valence-corrected chi connectivity index (χ2v) is 3.25. The molecule has 0 saturated carbocycles. The Kier molecular flexibility index (Phi) is 3.86. The summed E-state index contributed by atoms with van der Waals surface area (Å²) in [7, 11) is 3.75. The zero-order valence-electron chi connectivity index (χ0n) is 9.28. The van der Waals surface area contributed by atoms with E-state index in [1.807, 2.05) is 25.9 Å². The number of nitrogens with zero attached hydrogens (tertiary/aromatic N) is 4. The lowest BCUT2D eigenvalue weighted by Crippen LogP contribution is -2.21. The van der Waals surface area contributed by atoms with Gasteiger partial charge in [0.05, 0.1) is 12.5 Å². The Hall–Kier alpha value is -1.83. The van der Waals surface area contributed by atoms with E-state index in [2.05, 4.69) is 21.4 Å². The molecule has 0 bridgehead atoms. The Morgan fingerprint density at radius 1 is 1.53 bits per heavy atom. The largest absolute Gasteiger partial charge is 0.373 e. The molecule has 80 valence electrons. The average Bonchev–Trinajstić information content (AvgIpc) is 2.26. The van der Waals surface area contributed by atoms with E-state index >= 15 is 0 Å². The number of anilines is 2. The van der Waals surface area contributed by atoms with Crippen LogP contribution in [0.15, 0.2) is 6.33 Å². The normalized spacial score (nSPS) is 9.47. The maximum absolute atomic E-state index is 8.51. The second-order valence-electron chi connectivity index (χ2n) is 3.25. The van der Waals surface area contributed by atoms with Gasteiger partial charge in [-0.3, -0.25) is 0 Å². The maximum Gasteiger partial charge on any atom is 0.136 e. The SMILES string of the molecule is CNc1ncnc(N(C)CCC#N)c1C. The molecule has 1 aromatic rings. The standard InChI is InChI=1S/C10H15N5/c1-8-9(12-2)13-7-14-10(8)15(3)6-4-5-11/h7H,4,6H2,1-3H3,(H,12,13,14). The Labute approximate surface area is 89.8 Å². The molecule has 15 heavy (non-hydrogen) atoms. The van der Waals surface area contributed by atoms with Crippen LogP contribution in [0.4, 0.5) is 11.6 Å². The first kappa shape index (κ1) is 11.2. The highest BCUT2D eigenvalue weighted by Gasteiger charge is 2.09. The fourth-order valence-corrected chi connectivity index (χ4v) is 1.40. The van der Waals surface area contributed by atoms with Crippen molar-refractivity contribution < 1.29 is 0 Å². The van der Waals surface area contributed by atoms with Crippen molar-refractivity contribution in [3.63, 3.8) is 0 Å². The maximum atomic E-state index is 8.51. The van der Waals surface area contributed by atoms with Crippen LogP contribution in [0.1, 0.15) is 12.0 Å². The highest BCUT2D eigenvalue weighted by Crippen LogP contribution is 2.20. The molecule has 0 atom stereocenters. The summed E-state index contributed by atoms with van der Waals surface area (Å²) in [6, 6.07) is 2.12. The zero-order valence-corrected chi connectivity index (χ0v) is 9.28. The summed E-state index contributed by atoms with van der Waals surface area (Å²) in [5, 5.41) is 11.5. The van der Waals surface area contributed by atoms with Gasteiger partial charge in [0.25, 0.3) is 0 Å². The molecule has 1 aromatic heterocycles. The van der Waals surface area contributed by atoms with E-state index < -0.39 is 0 Å². The summed E-state index contributed by atoms with van der Waals surface area (Å²) in [6.45, 7) is 2.64. The van der Waals surface area contributed by atoms with Crippen LogP contribution in [0, 0.1) is 18.3 Å². The van der Waals surface area contributed by atoms with Crippen molar-refractivity contribution in [3.8, 4) is 6.07 Å². The molecular formula is C10H15N5. The number of rotatable bonds is 4. The molecule has 0 fully saturated rings. The Morgan fingerprint density at radius 2 is 2.27 bits per heavy atom. The number of hydrogen-bond acceptors (Lipinski definition) is 5. The lowest BCUT2D eigenvalue weighted by molar-refractivity contribution is 0.872. The molecule has 0 spiro atoms. The molecular weight excluding hydrogens is 190 g/mol. The van der Waals surface area contributed by atoms with Gasteiger partial charge in [-0.15, -0.1) is 0 Å². The minimum Gasteiger partial charge on any atom is -0.373 e. The second kappa shape index (κ2) is 5.15. The van der Waals surface area contributed by atoms with Crippen LogP contribution in [0.5, 0.6) is 0 Å². The van der Waals surface area contributed by atoms with Crippen LogP contribution >= 0.6 is 0 Å². The summed E-state index contributed by atoms with van der Waals surface area (Å²) in [5.41, 5.74) is 1.00. The third-order valence-corrected chi connectivity index (χ3v) is 2.21. The van der Waals surface area contributed by atoms with E-state index in [0.717, 1.165) is 17.2 Å². The van der Waals surface area contributed by atoms with Crippen molar-refractivity contribution in [1.82, 2.24) is 9.97 Å². The molecule has 0 radical (unpaired) electrons. The molecule has 0 aliphatic carbocycles. The zero-order chi connectivity index (χ0) is 11.3. The van der Waals surface area contributed by atoms with Crippen molar-refractivity contribution in [1.29, 1.82) is 5.26 Å². The van der Waals surface area contributed by atoms with E-state index in [-0.39, 0.29) is 0 Å². The first-order valence-electron chi connectivity index (χ1n) is 4.78. The highest BCUT2D eigenvalue weighted by molar-refractivity contribution is 5.57. The number of hydrogen-bond donors (Lipinski definition) is 1. The van der Waals surface area contributed by atoms with Gasteiger partial charge in [-0.1, -0.05) is 0 Å². The molecule has 5 heteroatoms. The van der Waals surface area contributed by atoms with E-state index in [1.165, 1.54) is 6.33 Å². The predicted octanol–water partition coefficient (Wildman–Crippen LogP) is 1.18. The first-order chi connectivity index (χ1) is 7.20. The Balaban J connectivity index is 2.89. The van der Waals surface area contributed by atoms with Crippen LogP contribution in [0.2, 0.25) is 0 Å². The molecule has 0 amide bonds. The third-order valence-electron chi connectivity index (χ3n) is 2.21. The molecule has 1 N–H and O–H groups in total. The molecule has 1 heterocycles. The Bertz CT molecular complexity index is 369. The van der Waals surface area contributed by atoms with E-state index in [9.17, 15) is 0 Å². The van der Waals surface area contributed by atoms with Crippen LogP contribution in [-0.2, 0) is 0 Å². The number of nitriles is 1. The number of aromatic nitrogens is 2. The smallest absolute Gasteiger partial charge is 0.136 e. The lowest BCUT2D eigenvalue weighted by Gasteiger charge is -2.19. The van der Waals surface area contributed by atoms with Gasteiger partial charge in [-0.2, -0.15) is 5.26 Å². The van der Waals surface area contributed by atoms with Crippen molar-refractivity contribution in [2.24, 2.45) is 0 Å². The molecule has 0 saturated heterocycles. The number of nitrogens with one attached hydrogen (secondary N) is 1. The minimum atomic E-state index is 0.495. The molecule has 5 nitrogen and oxygen atoms in total. The van der Waals surface area contributed by atoms with Gasteiger partial charge in [0, 0.05) is 26.2 Å². The first-order valence-corrected chi connectivity index (χ1v) is 4.78. The monoisotopic (exact) mass is 205 g/mol. The van der Waals surface area contributed by atoms with E-state index in [4.69, 9.17) is 5.26 Å². The van der Waals surface area contributed by atoms with Crippen molar-refractivity contribution >= 4 is 11.6 Å². The van der Waals surface area contributed by atoms with Crippen molar-refractivity contribution in [2.75, 3.05) is 30.9 Å². The Morgan fingerprint density at radius 3 is 2.87 bits per heavy atom. The van der Waals surface area contributed by atoms with Crippen molar-refractivity contribution in [3.05, 3.63) is 11.9 Å². The van der Waals surface area contributed by atoms with Gasteiger partial charge in [0.2, 0.25) is 0 Å². The van der Waals surface area contributed by atoms with E-state index in [0.29, 0.717) is 13.0 Å². The van der Waals surface area contributed by atoms with Crippen LogP contribution in [-0.4, -0.2) is 30.6 Å². The van der Waals surface area contributed by atoms with Gasteiger partial charge in [0.15, 0.2) is 0 Å². The van der Waals surface area contributed by atoms with Crippen LogP contribution in [0.3, 0.4) is 0 Å². The summed E-state index contributed by atoms with van der Waals surface area (Å²) < 4.78 is 0. The van der Waals surface area contributed by atoms with Gasteiger partial charge < -0.3 is 10.2 Å². The quantitative estimate of drug-likeness (QED) is 0.799. The van der Waals surface area contributed by atoms with Crippen LogP contribution in [0.25, 0.3) is 0 Å². The summed E-state index contributed by atoms with van der Waals surface area (Å²) in [6.07, 6.45) is 2.02.